The second-order valence-corrected chi connectivity index (χ2v) is 9.95. The van der Waals surface area contributed by atoms with Gasteiger partial charge in [-0.05, 0) is 79.9 Å². The number of ether oxygens (including phenoxy) is 1. The molecule has 0 fully saturated rings. The zero-order valence-electron chi connectivity index (χ0n) is 21.2. The largest absolute Gasteiger partial charge is 0.490 e. The van der Waals surface area contributed by atoms with Gasteiger partial charge in [-0.25, -0.2) is 9.18 Å². The van der Waals surface area contributed by atoms with Gasteiger partial charge in [0, 0.05) is 22.9 Å². The lowest BCUT2D eigenvalue weighted by Crippen LogP contribution is -2.28. The number of aromatic carboxylic acids is 1. The van der Waals surface area contributed by atoms with Gasteiger partial charge in [-0.2, -0.15) is 0 Å². The van der Waals surface area contributed by atoms with Gasteiger partial charge in [0.15, 0.2) is 0 Å². The summed E-state index contributed by atoms with van der Waals surface area (Å²) in [7, 11) is 0. The van der Waals surface area contributed by atoms with Crippen LogP contribution >= 0.6 is 0 Å². The molecule has 0 aromatic heterocycles. The van der Waals surface area contributed by atoms with E-state index in [0.717, 1.165) is 59.2 Å². The molecule has 0 bridgehead atoms. The van der Waals surface area contributed by atoms with Crippen LogP contribution in [0, 0.1) is 12.7 Å². The molecular weight excluding hydrogens is 465 g/mol. The molecule has 0 saturated heterocycles. The van der Waals surface area contributed by atoms with E-state index < -0.39 is 5.97 Å². The zero-order valence-corrected chi connectivity index (χ0v) is 21.2. The molecule has 1 aliphatic rings. The Morgan fingerprint density at radius 1 is 1.05 bits per heavy atom. The van der Waals surface area contributed by atoms with Crippen LogP contribution in [-0.2, 0) is 0 Å². The van der Waals surface area contributed by atoms with Gasteiger partial charge in [-0.1, -0.05) is 60.7 Å². The van der Waals surface area contributed by atoms with Crippen molar-refractivity contribution in [2.45, 2.75) is 51.2 Å². The van der Waals surface area contributed by atoms with Crippen molar-refractivity contribution in [3.8, 4) is 5.75 Å². The monoisotopic (exact) mass is 497 g/mol. The Kier molecular flexibility index (Phi) is 7.24. The van der Waals surface area contributed by atoms with Crippen molar-refractivity contribution in [1.29, 1.82) is 0 Å². The fourth-order valence-corrected chi connectivity index (χ4v) is 5.49. The summed E-state index contributed by atoms with van der Waals surface area (Å²) in [5.41, 5.74) is 4.33. The normalized spacial score (nSPS) is 17.7. The fourth-order valence-electron chi connectivity index (χ4n) is 5.49. The number of fused-ring (bicyclic) bond motifs is 2. The number of hydrogen-bond acceptors (Lipinski definition) is 3. The third kappa shape index (κ3) is 5.23. The summed E-state index contributed by atoms with van der Waals surface area (Å²) in [6.45, 7) is 4.75. The molecule has 0 radical (unpaired) electrons. The fraction of sp³-hybridized carbons (Fsp3) is 0.281. The Morgan fingerprint density at radius 3 is 2.62 bits per heavy atom. The molecule has 3 atom stereocenters. The average molecular weight is 498 g/mol. The van der Waals surface area contributed by atoms with E-state index >= 15 is 0 Å². The van der Waals surface area contributed by atoms with E-state index in [2.05, 4.69) is 18.3 Å². The standard InChI is InChI=1S/C32H32FNO3/c1-20-13-14-22(18-28(20)32(35)36)29-19-23(37-31-12-6-5-11-27(29)31)8-7-17-34-21(2)24-15-16-30(33)26-10-4-3-9-25(24)26/h3-6,9-16,18,21,23,29,34H,7-8,17,19H2,1-2H3,(H,35,36)/t21?,23-,29-/m0/s1. The van der Waals surface area contributed by atoms with Gasteiger partial charge in [-0.3, -0.25) is 0 Å². The zero-order chi connectivity index (χ0) is 25.9. The first-order chi connectivity index (χ1) is 17.9. The van der Waals surface area contributed by atoms with Crippen LogP contribution in [0.25, 0.3) is 10.8 Å². The van der Waals surface area contributed by atoms with E-state index in [-0.39, 0.29) is 23.9 Å². The summed E-state index contributed by atoms with van der Waals surface area (Å²) in [5, 5.41) is 14.8. The van der Waals surface area contributed by atoms with Crippen LogP contribution in [0.15, 0.2) is 78.9 Å². The first-order valence-electron chi connectivity index (χ1n) is 12.9. The van der Waals surface area contributed by atoms with Crippen LogP contribution in [0.5, 0.6) is 5.75 Å². The first-order valence-corrected chi connectivity index (χ1v) is 12.9. The Balaban J connectivity index is 1.26. The van der Waals surface area contributed by atoms with Crippen LogP contribution in [0.4, 0.5) is 4.39 Å². The molecule has 0 aliphatic carbocycles. The Morgan fingerprint density at radius 2 is 1.81 bits per heavy atom. The molecule has 1 heterocycles. The third-order valence-electron chi connectivity index (χ3n) is 7.51. The quantitative estimate of drug-likeness (QED) is 0.249. The second kappa shape index (κ2) is 10.7. The number of rotatable bonds is 8. The number of halogens is 1. The highest BCUT2D eigenvalue weighted by atomic mass is 19.1. The molecule has 1 unspecified atom stereocenters. The minimum Gasteiger partial charge on any atom is -0.490 e. The molecule has 190 valence electrons. The Hall–Kier alpha value is -3.70. The molecule has 5 rings (SSSR count). The molecule has 4 nitrogen and oxygen atoms in total. The summed E-state index contributed by atoms with van der Waals surface area (Å²) in [6.07, 6.45) is 2.65. The van der Waals surface area contributed by atoms with Gasteiger partial charge in [0.1, 0.15) is 11.6 Å². The number of carboxylic acid groups (broad SMARTS) is 1. The van der Waals surface area contributed by atoms with Crippen LogP contribution in [0.2, 0.25) is 0 Å². The molecule has 0 saturated carbocycles. The Bertz CT molecular complexity index is 1430. The van der Waals surface area contributed by atoms with E-state index in [1.165, 1.54) is 0 Å². The van der Waals surface area contributed by atoms with Crippen LogP contribution in [-0.4, -0.2) is 23.7 Å². The first kappa shape index (κ1) is 25.0. The van der Waals surface area contributed by atoms with E-state index in [1.54, 1.807) is 6.07 Å². The van der Waals surface area contributed by atoms with Crippen LogP contribution in [0.3, 0.4) is 0 Å². The number of benzene rings is 4. The summed E-state index contributed by atoms with van der Waals surface area (Å²) < 4.78 is 20.6. The van der Waals surface area contributed by atoms with Crippen molar-refractivity contribution >= 4 is 16.7 Å². The van der Waals surface area contributed by atoms with Gasteiger partial charge in [0.25, 0.3) is 0 Å². The van der Waals surface area contributed by atoms with E-state index in [0.29, 0.717) is 10.9 Å². The number of hydrogen-bond donors (Lipinski definition) is 2. The van der Waals surface area contributed by atoms with Crippen molar-refractivity contribution in [1.82, 2.24) is 5.32 Å². The SMILES string of the molecule is Cc1ccc([C@@H]2C[C@H](CCCNC(C)c3ccc(F)c4ccccc34)Oc3ccccc32)cc1C(=O)O. The number of carbonyl (C=O) groups is 1. The van der Waals surface area contributed by atoms with Gasteiger partial charge in [0.2, 0.25) is 0 Å². The molecule has 37 heavy (non-hydrogen) atoms. The summed E-state index contributed by atoms with van der Waals surface area (Å²) >= 11 is 0. The lowest BCUT2D eigenvalue weighted by molar-refractivity contribution is 0.0696. The highest BCUT2D eigenvalue weighted by Crippen LogP contribution is 2.41. The minimum absolute atomic E-state index is 0.0400. The average Bonchev–Trinajstić information content (AvgIpc) is 2.91. The number of nitrogens with one attached hydrogen (secondary N) is 1. The molecule has 1 aliphatic heterocycles. The highest BCUT2D eigenvalue weighted by molar-refractivity contribution is 5.89. The van der Waals surface area contributed by atoms with Crippen molar-refractivity contribution < 1.29 is 19.0 Å². The highest BCUT2D eigenvalue weighted by Gasteiger charge is 2.29. The number of carboxylic acids is 1. The van der Waals surface area contributed by atoms with E-state index in [9.17, 15) is 14.3 Å². The van der Waals surface area contributed by atoms with E-state index in [4.69, 9.17) is 4.74 Å². The van der Waals surface area contributed by atoms with Crippen molar-refractivity contribution in [2.75, 3.05) is 6.54 Å². The molecule has 0 spiro atoms. The maximum atomic E-state index is 14.2. The second-order valence-electron chi connectivity index (χ2n) is 9.95. The Labute approximate surface area is 217 Å². The topological polar surface area (TPSA) is 58.6 Å². The number of aryl methyl sites for hydroxylation is 1. The summed E-state index contributed by atoms with van der Waals surface area (Å²) in [4.78, 5) is 11.7. The molecule has 5 heteroatoms. The number of para-hydroxylation sites is 1. The summed E-state index contributed by atoms with van der Waals surface area (Å²) in [5.74, 6) is -0.128. The third-order valence-corrected chi connectivity index (χ3v) is 7.51. The minimum atomic E-state index is -0.898. The van der Waals surface area contributed by atoms with Gasteiger partial charge in [0.05, 0.1) is 11.7 Å². The summed E-state index contributed by atoms with van der Waals surface area (Å²) in [6, 6.07) is 24.9. The van der Waals surface area contributed by atoms with Crippen molar-refractivity contribution in [3.63, 3.8) is 0 Å². The smallest absolute Gasteiger partial charge is 0.335 e. The van der Waals surface area contributed by atoms with Crippen molar-refractivity contribution in [3.05, 3.63) is 112 Å². The predicted octanol–water partition coefficient (Wildman–Crippen LogP) is 7.40. The molecular formula is C32H32FNO3. The van der Waals surface area contributed by atoms with E-state index in [1.807, 2.05) is 73.7 Å². The van der Waals surface area contributed by atoms with Crippen molar-refractivity contribution in [2.24, 2.45) is 0 Å². The molecule has 2 N–H and O–H groups in total. The maximum absolute atomic E-state index is 14.2. The van der Waals surface area contributed by atoms with Crippen LogP contribution < -0.4 is 10.1 Å². The lowest BCUT2D eigenvalue weighted by Gasteiger charge is -2.33. The maximum Gasteiger partial charge on any atom is 0.335 e. The predicted molar refractivity (Wildman–Crippen MR) is 145 cm³/mol. The van der Waals surface area contributed by atoms with Gasteiger partial charge >= 0.3 is 5.97 Å². The molecule has 4 aromatic carbocycles. The van der Waals surface area contributed by atoms with Gasteiger partial charge < -0.3 is 15.2 Å². The molecule has 4 aromatic rings. The van der Waals surface area contributed by atoms with Gasteiger partial charge in [-0.15, -0.1) is 0 Å². The lowest BCUT2D eigenvalue weighted by atomic mass is 9.82. The molecule has 0 amide bonds. The van der Waals surface area contributed by atoms with Crippen LogP contribution in [0.1, 0.15) is 70.8 Å².